The Labute approximate surface area is 292 Å². The molecule has 2 amide bonds. The second kappa shape index (κ2) is 19.9. The molecule has 0 saturated carbocycles. The van der Waals surface area contributed by atoms with Crippen molar-refractivity contribution in [3.05, 3.63) is 132 Å². The van der Waals surface area contributed by atoms with E-state index in [1.165, 1.54) is 62.5 Å². The van der Waals surface area contributed by atoms with Gasteiger partial charge in [-0.25, -0.2) is 0 Å². The summed E-state index contributed by atoms with van der Waals surface area (Å²) >= 11 is -0.826. The summed E-state index contributed by atoms with van der Waals surface area (Å²) in [6, 6.07) is 43.1. The molecule has 8 heteroatoms. The van der Waals surface area contributed by atoms with Gasteiger partial charge in [-0.3, -0.25) is 9.59 Å². The zero-order valence-corrected chi connectivity index (χ0v) is 30.6. The third-order valence-electron chi connectivity index (χ3n) is 7.07. The zero-order valence-electron chi connectivity index (χ0n) is 26.6. The van der Waals surface area contributed by atoms with Crippen molar-refractivity contribution >= 4 is 57.9 Å². The first-order valence-corrected chi connectivity index (χ1v) is 21.4. The van der Waals surface area contributed by atoms with Gasteiger partial charge in [-0.15, -0.1) is 69.1 Å². The summed E-state index contributed by atoms with van der Waals surface area (Å²) in [7, 11) is 11.1. The topological polar surface area (TPSA) is 58.2 Å². The average molecular weight is 728 g/mol. The Morgan fingerprint density at radius 3 is 1.35 bits per heavy atom. The molecular formula is C38H38BCl2N2O2Zr. The van der Waals surface area contributed by atoms with Gasteiger partial charge in [0.25, 0.3) is 0 Å². The maximum atomic E-state index is 10.6. The Kier molecular flexibility index (Phi) is 16.1. The van der Waals surface area contributed by atoms with E-state index in [1.807, 2.05) is 0 Å². The molecule has 0 unspecified atom stereocenters. The molecule has 6 aromatic rings. The van der Waals surface area contributed by atoms with Gasteiger partial charge in [0.05, 0.1) is 0 Å². The minimum absolute atomic E-state index is 0.110. The van der Waals surface area contributed by atoms with Gasteiger partial charge in [-0.05, 0) is 11.1 Å². The number of fused-ring (bicyclic) bond motifs is 2. The van der Waals surface area contributed by atoms with Crippen molar-refractivity contribution in [1.82, 2.24) is 10.5 Å². The zero-order chi connectivity index (χ0) is 33.3. The molecular weight excluding hydrogens is 689 g/mol. The fourth-order valence-electron chi connectivity index (χ4n) is 4.91. The second-order valence-corrected chi connectivity index (χ2v) is 14.2. The van der Waals surface area contributed by atoms with Crippen LogP contribution in [0.2, 0.25) is 0 Å². The summed E-state index contributed by atoms with van der Waals surface area (Å²) in [5.41, 5.74) is 7.89. The van der Waals surface area contributed by atoms with Crippen LogP contribution in [0, 0.1) is 13.8 Å². The van der Waals surface area contributed by atoms with Crippen LogP contribution < -0.4 is 10.5 Å². The Bertz CT molecular complexity index is 1670. The van der Waals surface area contributed by atoms with E-state index in [1.54, 1.807) is 13.8 Å². The van der Waals surface area contributed by atoms with Crippen molar-refractivity contribution in [3.8, 4) is 22.3 Å². The van der Waals surface area contributed by atoms with E-state index < -0.39 is 20.8 Å². The minimum atomic E-state index is -0.826. The number of rotatable bonds is 6. The van der Waals surface area contributed by atoms with Crippen molar-refractivity contribution in [2.45, 2.75) is 40.5 Å². The van der Waals surface area contributed by atoms with Gasteiger partial charge in [0.15, 0.2) is 0 Å². The van der Waals surface area contributed by atoms with Gasteiger partial charge in [-0.2, -0.15) is 12.1 Å². The van der Waals surface area contributed by atoms with Crippen molar-refractivity contribution in [1.29, 1.82) is 0 Å². The summed E-state index contributed by atoms with van der Waals surface area (Å²) < 4.78 is 0. The molecule has 233 valence electrons. The summed E-state index contributed by atoms with van der Waals surface area (Å²) in [6.07, 6.45) is 0.830. The number of aryl methyl sites for hydroxylation is 2. The number of hydrogen-bond donors (Lipinski definition) is 2. The molecule has 6 rings (SSSR count). The predicted octanol–water partition coefficient (Wildman–Crippen LogP) is 10.0. The van der Waals surface area contributed by atoms with Crippen LogP contribution in [-0.4, -0.2) is 19.4 Å². The second-order valence-electron chi connectivity index (χ2n) is 10.5. The Morgan fingerprint density at radius 2 is 1.00 bits per heavy atom. The van der Waals surface area contributed by atoms with Crippen molar-refractivity contribution in [3.63, 3.8) is 0 Å². The van der Waals surface area contributed by atoms with Crippen molar-refractivity contribution in [2.75, 3.05) is 0 Å². The number of nitrogens with one attached hydrogen (secondary N) is 2. The molecule has 0 aliphatic carbocycles. The predicted molar refractivity (Wildman–Crippen MR) is 194 cm³/mol. The van der Waals surface area contributed by atoms with Gasteiger partial charge in [0.2, 0.25) is 11.8 Å². The fourth-order valence-corrected chi connectivity index (χ4v) is 4.91. The van der Waals surface area contributed by atoms with E-state index in [-0.39, 0.29) is 11.8 Å². The first-order valence-electron chi connectivity index (χ1n) is 15.1. The van der Waals surface area contributed by atoms with Gasteiger partial charge in [0.1, 0.15) is 0 Å². The van der Waals surface area contributed by atoms with E-state index in [2.05, 4.69) is 146 Å². The number of halogens is 2. The van der Waals surface area contributed by atoms with Crippen LogP contribution >= 0.6 is 17.0 Å². The molecule has 0 fully saturated rings. The first-order chi connectivity index (χ1) is 22.3. The number of amides is 2. The van der Waals surface area contributed by atoms with Gasteiger partial charge < -0.3 is 10.5 Å². The molecule has 6 aromatic carbocycles. The SMILES string of the molecule is CCC(=O)N[B]NC(=O)CC.Cc1cc2c(-c3ccccc3)cccc2[cH-]1.Cc1cc2c(-c3ccccc3)cccc2[cH-]1.[Cl][Zr+2][Cl]. The van der Waals surface area contributed by atoms with Crippen molar-refractivity contribution in [2.24, 2.45) is 0 Å². The molecule has 0 atom stereocenters. The molecule has 0 heterocycles. The third kappa shape index (κ3) is 11.4. The molecule has 0 aliphatic heterocycles. The van der Waals surface area contributed by atoms with Crippen LogP contribution in [0.3, 0.4) is 0 Å². The molecule has 2 N–H and O–H groups in total. The van der Waals surface area contributed by atoms with Crippen LogP contribution in [-0.2, 0) is 30.4 Å². The van der Waals surface area contributed by atoms with Gasteiger partial charge in [0, 0.05) is 12.8 Å². The molecule has 0 bridgehead atoms. The average Bonchev–Trinajstić information content (AvgIpc) is 3.67. The molecule has 1 radical (unpaired) electrons. The van der Waals surface area contributed by atoms with Crippen LogP contribution in [0.25, 0.3) is 43.8 Å². The van der Waals surface area contributed by atoms with E-state index >= 15 is 0 Å². The Morgan fingerprint density at radius 1 is 0.630 bits per heavy atom. The quantitative estimate of drug-likeness (QED) is 0.133. The molecule has 0 aliphatic rings. The van der Waals surface area contributed by atoms with E-state index in [9.17, 15) is 9.59 Å². The van der Waals surface area contributed by atoms with Gasteiger partial charge in [-0.1, -0.05) is 112 Å². The standard InChI is InChI=1S/2C16H13.C6H12BN2O2.2ClH.Zr/c2*1-12-10-14-8-5-9-15(16(14)11-12)13-6-3-2-4-7-13;1-3-5(10)8-7-9-6(11)4-2;;;/h2*2-11H,1H3;3-4H2,1-2H3,(H,8,10)(H,9,11);2*1H;/q2*-1;;;;+4/p-2. The van der Waals surface area contributed by atoms with Crippen LogP contribution in [0.1, 0.15) is 37.8 Å². The normalized spacial score (nSPS) is 9.78. The van der Waals surface area contributed by atoms with E-state index in [0.29, 0.717) is 12.8 Å². The molecule has 0 spiro atoms. The third-order valence-corrected chi connectivity index (χ3v) is 7.07. The Balaban J connectivity index is 0.000000184. The molecule has 0 saturated heterocycles. The van der Waals surface area contributed by atoms with E-state index in [4.69, 9.17) is 17.0 Å². The number of benzene rings is 4. The number of carbonyl (C=O) groups excluding carboxylic acids is 2. The summed E-state index contributed by atoms with van der Waals surface area (Å²) in [6.45, 7) is 7.78. The Hall–Kier alpha value is -3.43. The summed E-state index contributed by atoms with van der Waals surface area (Å²) in [4.78, 5) is 21.2. The number of carbonyl (C=O) groups is 2. The van der Waals surface area contributed by atoms with Crippen LogP contribution in [0.4, 0.5) is 0 Å². The first kappa shape index (κ1) is 37.0. The maximum absolute atomic E-state index is 10.6. The monoisotopic (exact) mass is 725 g/mol. The number of hydrogen-bond acceptors (Lipinski definition) is 2. The molecule has 46 heavy (non-hydrogen) atoms. The summed E-state index contributed by atoms with van der Waals surface area (Å²) in [5, 5.41) is 10.2. The van der Waals surface area contributed by atoms with E-state index in [0.717, 1.165) is 0 Å². The molecule has 0 aromatic heterocycles. The van der Waals surface area contributed by atoms with Crippen LogP contribution in [0.15, 0.2) is 121 Å². The van der Waals surface area contributed by atoms with Crippen LogP contribution in [0.5, 0.6) is 0 Å². The fraction of sp³-hybridized carbons (Fsp3) is 0.158. The van der Waals surface area contributed by atoms with Crippen molar-refractivity contribution < 1.29 is 30.4 Å². The van der Waals surface area contributed by atoms with Gasteiger partial charge >= 0.3 is 45.4 Å². The summed E-state index contributed by atoms with van der Waals surface area (Å²) in [5.74, 6) is -0.220. The molecule has 4 nitrogen and oxygen atoms in total.